The van der Waals surface area contributed by atoms with Gasteiger partial charge in [-0.15, -0.1) is 16.8 Å². The topological polar surface area (TPSA) is 60.7 Å². The first kappa shape index (κ1) is 19.3. The second-order valence-corrected chi connectivity index (χ2v) is 7.63. The lowest BCUT2D eigenvalue weighted by Gasteiger charge is -2.04. The molecule has 0 spiro atoms. The number of carbonyl (C=O) groups excluding carboxylic acids is 1. The van der Waals surface area contributed by atoms with Crippen LogP contribution >= 0.6 is 11.8 Å². The molecule has 0 fully saturated rings. The Morgan fingerprint density at radius 2 is 1.93 bits per heavy atom. The number of Topliss-reactive ketones (excluding diaryl/α,β-unsaturated/α-hetero) is 1. The van der Waals surface area contributed by atoms with Crippen LogP contribution in [0.15, 0.2) is 66.3 Å². The van der Waals surface area contributed by atoms with Crippen molar-refractivity contribution in [3.63, 3.8) is 0 Å². The molecular weight excluding hydrogens is 387 g/mol. The lowest BCUT2D eigenvalue weighted by molar-refractivity contribution is 0.0982. The standard InChI is InChI=1S/C22H19FN4OS/c1-2-13-27-18-7-4-3-6-17(18)20-21(27)24-22(26-25-20)29-14-5-8-19(28)15-9-11-16(23)12-10-15/h2-4,6-7,9-12H,1,5,8,13-14H2. The first-order chi connectivity index (χ1) is 14.2. The van der Waals surface area contributed by atoms with Crippen molar-refractivity contribution < 1.29 is 9.18 Å². The van der Waals surface area contributed by atoms with E-state index in [4.69, 9.17) is 4.98 Å². The number of nitrogens with zero attached hydrogens (tertiary/aromatic N) is 4. The van der Waals surface area contributed by atoms with Gasteiger partial charge in [0.25, 0.3) is 0 Å². The van der Waals surface area contributed by atoms with Crippen LogP contribution in [0, 0.1) is 5.82 Å². The van der Waals surface area contributed by atoms with Gasteiger partial charge in [0.1, 0.15) is 11.3 Å². The Kier molecular flexibility index (Phi) is 5.67. The van der Waals surface area contributed by atoms with Gasteiger partial charge >= 0.3 is 0 Å². The SMILES string of the molecule is C=CCn1c2ccccc2c2nnc(SCCCC(=O)c3ccc(F)cc3)nc21. The summed E-state index contributed by atoms with van der Waals surface area (Å²) < 4.78 is 15.0. The fourth-order valence-electron chi connectivity index (χ4n) is 3.24. The summed E-state index contributed by atoms with van der Waals surface area (Å²) in [7, 11) is 0. The van der Waals surface area contributed by atoms with E-state index in [1.165, 1.54) is 36.0 Å². The van der Waals surface area contributed by atoms with Crippen molar-refractivity contribution in [3.05, 3.63) is 72.6 Å². The van der Waals surface area contributed by atoms with Crippen LogP contribution in [0.25, 0.3) is 22.1 Å². The fourth-order valence-corrected chi connectivity index (χ4v) is 3.96. The average molecular weight is 406 g/mol. The summed E-state index contributed by atoms with van der Waals surface area (Å²) in [5, 5.41) is 10.2. The van der Waals surface area contributed by atoms with Crippen LogP contribution in [0.4, 0.5) is 4.39 Å². The molecule has 0 aliphatic carbocycles. The molecule has 0 amide bonds. The van der Waals surface area contributed by atoms with Crippen LogP contribution in [-0.4, -0.2) is 31.3 Å². The average Bonchev–Trinajstić information content (AvgIpc) is 3.05. The first-order valence-electron chi connectivity index (χ1n) is 9.31. The Bertz CT molecular complexity index is 1190. The number of carbonyl (C=O) groups is 1. The number of allylic oxidation sites excluding steroid dienone is 1. The van der Waals surface area contributed by atoms with E-state index in [2.05, 4.69) is 21.3 Å². The summed E-state index contributed by atoms with van der Waals surface area (Å²) in [6.45, 7) is 4.47. The highest BCUT2D eigenvalue weighted by atomic mass is 32.2. The number of aromatic nitrogens is 4. The van der Waals surface area contributed by atoms with Crippen molar-refractivity contribution in [1.29, 1.82) is 0 Å². The van der Waals surface area contributed by atoms with Gasteiger partial charge in [-0.25, -0.2) is 9.37 Å². The molecule has 2 aromatic carbocycles. The molecule has 0 bridgehead atoms. The third-order valence-corrected chi connectivity index (χ3v) is 5.54. The number of fused-ring (bicyclic) bond motifs is 3. The number of thioether (sulfide) groups is 1. The van der Waals surface area contributed by atoms with Crippen molar-refractivity contribution in [2.75, 3.05) is 5.75 Å². The smallest absolute Gasteiger partial charge is 0.211 e. The van der Waals surface area contributed by atoms with Crippen LogP contribution in [0.1, 0.15) is 23.2 Å². The molecule has 7 heteroatoms. The van der Waals surface area contributed by atoms with Crippen LogP contribution in [0.2, 0.25) is 0 Å². The largest absolute Gasteiger partial charge is 0.320 e. The second kappa shape index (κ2) is 8.53. The minimum absolute atomic E-state index is 0.00574. The predicted molar refractivity (Wildman–Crippen MR) is 114 cm³/mol. The van der Waals surface area contributed by atoms with E-state index in [0.29, 0.717) is 35.9 Å². The number of hydrogen-bond donors (Lipinski definition) is 0. The molecule has 146 valence electrons. The van der Waals surface area contributed by atoms with E-state index < -0.39 is 0 Å². The van der Waals surface area contributed by atoms with Gasteiger partial charge in [0, 0.05) is 29.7 Å². The van der Waals surface area contributed by atoms with Crippen molar-refractivity contribution >= 4 is 39.6 Å². The summed E-state index contributed by atoms with van der Waals surface area (Å²) >= 11 is 1.48. The Balaban J connectivity index is 1.45. The summed E-state index contributed by atoms with van der Waals surface area (Å²) in [5.41, 5.74) is 3.14. The molecule has 0 saturated heterocycles. The maximum absolute atomic E-state index is 13.0. The number of para-hydroxylation sites is 1. The number of halogens is 1. The summed E-state index contributed by atoms with van der Waals surface area (Å²) in [4.78, 5) is 16.9. The molecule has 4 rings (SSSR count). The van der Waals surface area contributed by atoms with Crippen LogP contribution in [0.5, 0.6) is 0 Å². The highest BCUT2D eigenvalue weighted by molar-refractivity contribution is 7.99. The number of rotatable bonds is 8. The molecular formula is C22H19FN4OS. The molecule has 4 aromatic rings. The van der Waals surface area contributed by atoms with E-state index in [1.807, 2.05) is 30.3 Å². The zero-order chi connectivity index (χ0) is 20.2. The lowest BCUT2D eigenvalue weighted by atomic mass is 10.1. The molecule has 0 unspecified atom stereocenters. The molecule has 2 aromatic heterocycles. The van der Waals surface area contributed by atoms with Gasteiger partial charge in [-0.2, -0.15) is 0 Å². The van der Waals surface area contributed by atoms with E-state index in [0.717, 1.165) is 22.1 Å². The Morgan fingerprint density at radius 3 is 2.72 bits per heavy atom. The summed E-state index contributed by atoms with van der Waals surface area (Å²) in [6, 6.07) is 13.7. The van der Waals surface area contributed by atoms with Crippen molar-refractivity contribution in [2.45, 2.75) is 24.5 Å². The zero-order valence-corrected chi connectivity index (χ0v) is 16.5. The summed E-state index contributed by atoms with van der Waals surface area (Å²) in [5.74, 6) is 0.360. The Labute approximate surface area is 171 Å². The van der Waals surface area contributed by atoms with Crippen LogP contribution in [-0.2, 0) is 6.54 Å². The van der Waals surface area contributed by atoms with Crippen molar-refractivity contribution in [2.24, 2.45) is 0 Å². The zero-order valence-electron chi connectivity index (χ0n) is 15.7. The molecule has 0 N–H and O–H groups in total. The Hall–Kier alpha value is -3.06. The van der Waals surface area contributed by atoms with E-state index in [9.17, 15) is 9.18 Å². The van der Waals surface area contributed by atoms with Gasteiger partial charge in [0.2, 0.25) is 5.16 Å². The van der Waals surface area contributed by atoms with Gasteiger partial charge in [-0.1, -0.05) is 36.0 Å². The summed E-state index contributed by atoms with van der Waals surface area (Å²) in [6.07, 6.45) is 2.91. The normalized spacial score (nSPS) is 11.2. The highest BCUT2D eigenvalue weighted by Crippen LogP contribution is 2.27. The molecule has 0 atom stereocenters. The monoisotopic (exact) mass is 406 g/mol. The lowest BCUT2D eigenvalue weighted by Crippen LogP contribution is -2.01. The highest BCUT2D eigenvalue weighted by Gasteiger charge is 2.14. The first-order valence-corrected chi connectivity index (χ1v) is 10.3. The van der Waals surface area contributed by atoms with Crippen LogP contribution < -0.4 is 0 Å². The predicted octanol–water partition coefficient (Wildman–Crippen LogP) is 5.06. The molecule has 5 nitrogen and oxygen atoms in total. The Morgan fingerprint density at radius 1 is 1.14 bits per heavy atom. The third-order valence-electron chi connectivity index (χ3n) is 4.61. The molecule has 29 heavy (non-hydrogen) atoms. The van der Waals surface area contributed by atoms with Gasteiger partial charge in [0.05, 0.1) is 5.52 Å². The third kappa shape index (κ3) is 4.05. The maximum Gasteiger partial charge on any atom is 0.211 e. The van der Waals surface area contributed by atoms with Crippen molar-refractivity contribution in [1.82, 2.24) is 19.7 Å². The van der Waals surface area contributed by atoms with Crippen LogP contribution in [0.3, 0.4) is 0 Å². The second-order valence-electron chi connectivity index (χ2n) is 6.57. The minimum Gasteiger partial charge on any atom is -0.320 e. The molecule has 2 heterocycles. The van der Waals surface area contributed by atoms with E-state index >= 15 is 0 Å². The van der Waals surface area contributed by atoms with Gasteiger partial charge in [-0.05, 0) is 36.8 Å². The van der Waals surface area contributed by atoms with Gasteiger partial charge in [0.15, 0.2) is 11.4 Å². The number of benzene rings is 2. The fraction of sp³-hybridized carbons (Fsp3) is 0.182. The van der Waals surface area contributed by atoms with Gasteiger partial charge < -0.3 is 4.57 Å². The molecule has 0 aliphatic heterocycles. The molecule has 0 radical (unpaired) electrons. The quantitative estimate of drug-likeness (QED) is 0.177. The number of hydrogen-bond acceptors (Lipinski definition) is 5. The molecule has 0 aliphatic rings. The minimum atomic E-state index is -0.342. The van der Waals surface area contributed by atoms with E-state index in [-0.39, 0.29) is 11.6 Å². The van der Waals surface area contributed by atoms with E-state index in [1.54, 1.807) is 0 Å². The number of ketones is 1. The molecule has 0 saturated carbocycles. The maximum atomic E-state index is 13.0. The van der Waals surface area contributed by atoms with Crippen molar-refractivity contribution in [3.8, 4) is 0 Å². The van der Waals surface area contributed by atoms with Gasteiger partial charge in [-0.3, -0.25) is 4.79 Å².